The first kappa shape index (κ1) is 24.9. The molecule has 0 radical (unpaired) electrons. The Hall–Kier alpha value is -2.73. The van der Waals surface area contributed by atoms with Gasteiger partial charge in [-0.25, -0.2) is 0 Å². The molecule has 3 aliphatic rings. The Labute approximate surface area is 215 Å². The number of rotatable bonds is 8. The highest BCUT2D eigenvalue weighted by atomic mass is 16.7. The Balaban J connectivity index is 1.02. The van der Waals surface area contributed by atoms with E-state index in [2.05, 4.69) is 22.3 Å². The molecule has 0 bridgehead atoms. The molecule has 6 heteroatoms. The van der Waals surface area contributed by atoms with Gasteiger partial charge < -0.3 is 24.4 Å². The average Bonchev–Trinajstić information content (AvgIpc) is 3.39. The fourth-order valence-corrected chi connectivity index (χ4v) is 6.08. The van der Waals surface area contributed by atoms with Gasteiger partial charge in [-0.15, -0.1) is 0 Å². The first-order chi connectivity index (χ1) is 17.6. The van der Waals surface area contributed by atoms with Crippen LogP contribution in [0.2, 0.25) is 0 Å². The molecule has 1 saturated carbocycles. The maximum atomic E-state index is 12.8. The van der Waals surface area contributed by atoms with Gasteiger partial charge in [0.15, 0.2) is 11.5 Å². The minimum Gasteiger partial charge on any atom is -0.494 e. The minimum absolute atomic E-state index is 0.0356. The molecule has 2 fully saturated rings. The van der Waals surface area contributed by atoms with Crippen LogP contribution in [0, 0.1) is 12.8 Å². The fourth-order valence-electron chi connectivity index (χ4n) is 6.08. The van der Waals surface area contributed by atoms with Crippen molar-refractivity contribution in [2.45, 2.75) is 70.8 Å². The van der Waals surface area contributed by atoms with Crippen molar-refractivity contribution < 1.29 is 19.0 Å². The summed E-state index contributed by atoms with van der Waals surface area (Å²) in [7, 11) is 0. The quantitative estimate of drug-likeness (QED) is 0.514. The number of aryl methyl sites for hydroxylation is 1. The van der Waals surface area contributed by atoms with Crippen LogP contribution in [0.1, 0.15) is 79.3 Å². The molecule has 1 aliphatic carbocycles. The van der Waals surface area contributed by atoms with E-state index in [1.165, 1.54) is 44.2 Å². The van der Waals surface area contributed by atoms with Gasteiger partial charge in [-0.1, -0.05) is 12.1 Å². The number of piperidine rings is 1. The number of nitrogens with zero attached hydrogens (tertiary/aromatic N) is 1. The Kier molecular flexibility index (Phi) is 8.00. The Bertz CT molecular complexity index is 1040. The van der Waals surface area contributed by atoms with Gasteiger partial charge in [0.2, 0.25) is 6.79 Å². The van der Waals surface area contributed by atoms with E-state index in [1.807, 2.05) is 38.1 Å². The number of nitrogens with one attached hydrogen (secondary N) is 1. The number of hydrogen-bond acceptors (Lipinski definition) is 5. The Morgan fingerprint density at radius 1 is 1.06 bits per heavy atom. The maximum Gasteiger partial charge on any atom is 0.251 e. The highest BCUT2D eigenvalue weighted by molar-refractivity contribution is 5.94. The molecule has 36 heavy (non-hydrogen) atoms. The standard InChI is InChI=1S/C30H40N2O4/c1-3-34-27-12-9-24(19-21(27)2)30(33)31-25-10-7-22(8-11-25)13-16-32-17-14-23(15-18-32)26-5-4-6-28-29(26)36-20-35-28/h4-6,9,12,19,22-23,25H,3,7-8,10-11,13-18,20H2,1-2H3,(H,31,33). The summed E-state index contributed by atoms with van der Waals surface area (Å²) in [5.41, 5.74) is 3.05. The second kappa shape index (κ2) is 11.5. The molecule has 0 aromatic heterocycles. The second-order valence-electron chi connectivity index (χ2n) is 10.6. The number of hydrogen-bond donors (Lipinski definition) is 1. The van der Waals surface area contributed by atoms with Gasteiger partial charge in [-0.05, 0) is 120 Å². The van der Waals surface area contributed by atoms with Gasteiger partial charge in [-0.3, -0.25) is 4.79 Å². The zero-order valence-corrected chi connectivity index (χ0v) is 21.8. The van der Waals surface area contributed by atoms with Crippen LogP contribution in [0.25, 0.3) is 0 Å². The lowest BCUT2D eigenvalue weighted by Crippen LogP contribution is -2.38. The number of carbonyl (C=O) groups is 1. The van der Waals surface area contributed by atoms with Crippen molar-refractivity contribution >= 4 is 5.91 Å². The van der Waals surface area contributed by atoms with E-state index in [4.69, 9.17) is 14.2 Å². The summed E-state index contributed by atoms with van der Waals surface area (Å²) in [5.74, 6) is 4.09. The zero-order chi connectivity index (χ0) is 24.9. The van der Waals surface area contributed by atoms with Gasteiger partial charge in [0, 0.05) is 17.2 Å². The summed E-state index contributed by atoms with van der Waals surface area (Å²) in [6.45, 7) is 8.44. The molecule has 1 amide bonds. The van der Waals surface area contributed by atoms with E-state index in [-0.39, 0.29) is 11.9 Å². The first-order valence-corrected chi connectivity index (χ1v) is 13.8. The molecule has 2 aromatic rings. The molecule has 0 spiro atoms. The van der Waals surface area contributed by atoms with Gasteiger partial charge >= 0.3 is 0 Å². The van der Waals surface area contributed by atoms with Gasteiger partial charge in [-0.2, -0.15) is 0 Å². The summed E-state index contributed by atoms with van der Waals surface area (Å²) < 4.78 is 16.9. The fraction of sp³-hybridized carbons (Fsp3) is 0.567. The third kappa shape index (κ3) is 5.80. The van der Waals surface area contributed by atoms with Crippen LogP contribution in [-0.4, -0.2) is 49.9 Å². The molecule has 194 valence electrons. The highest BCUT2D eigenvalue weighted by Crippen LogP contribution is 2.42. The number of amides is 1. The van der Waals surface area contributed by atoms with Crippen molar-refractivity contribution in [2.75, 3.05) is 33.0 Å². The van der Waals surface area contributed by atoms with Gasteiger partial charge in [0.1, 0.15) is 5.75 Å². The summed E-state index contributed by atoms with van der Waals surface area (Å²) in [6, 6.07) is 12.3. The Morgan fingerprint density at radius 2 is 1.86 bits per heavy atom. The van der Waals surface area contributed by atoms with E-state index < -0.39 is 0 Å². The molecule has 5 rings (SSSR count). The van der Waals surface area contributed by atoms with Crippen LogP contribution in [-0.2, 0) is 0 Å². The third-order valence-electron chi connectivity index (χ3n) is 8.23. The topological polar surface area (TPSA) is 60.0 Å². The molecule has 6 nitrogen and oxygen atoms in total. The van der Waals surface area contributed by atoms with Crippen LogP contribution in [0.15, 0.2) is 36.4 Å². The second-order valence-corrected chi connectivity index (χ2v) is 10.6. The van der Waals surface area contributed by atoms with Gasteiger partial charge in [0.25, 0.3) is 5.91 Å². The number of ether oxygens (including phenoxy) is 3. The number of benzene rings is 2. The lowest BCUT2D eigenvalue weighted by atomic mass is 9.83. The van der Waals surface area contributed by atoms with E-state index in [9.17, 15) is 4.79 Å². The maximum absolute atomic E-state index is 12.8. The minimum atomic E-state index is 0.0356. The smallest absolute Gasteiger partial charge is 0.251 e. The predicted octanol–water partition coefficient (Wildman–Crippen LogP) is 5.68. The summed E-state index contributed by atoms with van der Waals surface area (Å²) in [5, 5.41) is 3.27. The molecule has 2 aliphatic heterocycles. The molecule has 0 atom stereocenters. The Morgan fingerprint density at radius 3 is 2.61 bits per heavy atom. The summed E-state index contributed by atoms with van der Waals surface area (Å²) in [6.07, 6.45) is 8.20. The highest BCUT2D eigenvalue weighted by Gasteiger charge is 2.28. The third-order valence-corrected chi connectivity index (χ3v) is 8.23. The average molecular weight is 493 g/mol. The van der Waals surface area contributed by atoms with E-state index >= 15 is 0 Å². The SMILES string of the molecule is CCOc1ccc(C(=O)NC2CCC(CCN3CCC(c4cccc5c4OCO5)CC3)CC2)cc1C. The van der Waals surface area contributed by atoms with Crippen LogP contribution in [0.3, 0.4) is 0 Å². The van der Waals surface area contributed by atoms with Crippen molar-refractivity contribution in [3.8, 4) is 17.2 Å². The van der Waals surface area contributed by atoms with Crippen LogP contribution >= 0.6 is 0 Å². The van der Waals surface area contributed by atoms with Crippen molar-refractivity contribution in [3.63, 3.8) is 0 Å². The first-order valence-electron chi connectivity index (χ1n) is 13.8. The van der Waals surface area contributed by atoms with E-state index in [1.54, 1.807) is 0 Å². The molecule has 2 heterocycles. The van der Waals surface area contributed by atoms with Crippen molar-refractivity contribution in [1.29, 1.82) is 0 Å². The number of carbonyl (C=O) groups excluding carboxylic acids is 1. The summed E-state index contributed by atoms with van der Waals surface area (Å²) in [4.78, 5) is 15.4. The predicted molar refractivity (Wildman–Crippen MR) is 141 cm³/mol. The zero-order valence-electron chi connectivity index (χ0n) is 21.8. The van der Waals surface area contributed by atoms with Crippen molar-refractivity contribution in [1.82, 2.24) is 10.2 Å². The molecule has 0 unspecified atom stereocenters. The normalized spacial score (nSPS) is 22.4. The van der Waals surface area contributed by atoms with E-state index in [0.717, 1.165) is 60.2 Å². The molecule has 1 N–H and O–H groups in total. The molecular formula is C30H40N2O4. The monoisotopic (exact) mass is 492 g/mol. The number of likely N-dealkylation sites (tertiary alicyclic amines) is 1. The number of fused-ring (bicyclic) bond motifs is 1. The van der Waals surface area contributed by atoms with Crippen molar-refractivity contribution in [3.05, 3.63) is 53.1 Å². The van der Waals surface area contributed by atoms with Gasteiger partial charge in [0.05, 0.1) is 6.61 Å². The van der Waals surface area contributed by atoms with Crippen LogP contribution in [0.5, 0.6) is 17.2 Å². The molecular weight excluding hydrogens is 452 g/mol. The largest absolute Gasteiger partial charge is 0.494 e. The molecule has 1 saturated heterocycles. The number of para-hydroxylation sites is 1. The van der Waals surface area contributed by atoms with Crippen LogP contribution in [0.4, 0.5) is 0 Å². The van der Waals surface area contributed by atoms with Crippen LogP contribution < -0.4 is 19.5 Å². The summed E-state index contributed by atoms with van der Waals surface area (Å²) >= 11 is 0. The molecule has 2 aromatic carbocycles. The van der Waals surface area contributed by atoms with E-state index in [0.29, 0.717) is 19.3 Å². The van der Waals surface area contributed by atoms with Crippen molar-refractivity contribution in [2.24, 2.45) is 5.92 Å². The lowest BCUT2D eigenvalue weighted by molar-refractivity contribution is 0.0919. The lowest BCUT2D eigenvalue weighted by Gasteiger charge is -2.34.